The van der Waals surface area contributed by atoms with Crippen molar-refractivity contribution in [3.63, 3.8) is 0 Å². The van der Waals surface area contributed by atoms with Crippen LogP contribution in [-0.4, -0.2) is 56.9 Å². The highest BCUT2D eigenvalue weighted by molar-refractivity contribution is 7.89. The molecule has 1 amide bonds. The number of sulfonamides is 1. The molecule has 0 unspecified atom stereocenters. The Balaban J connectivity index is 1.70. The van der Waals surface area contributed by atoms with E-state index in [9.17, 15) is 13.2 Å². The number of methoxy groups -OCH3 is 1. The van der Waals surface area contributed by atoms with Crippen molar-refractivity contribution in [1.29, 1.82) is 5.26 Å². The van der Waals surface area contributed by atoms with Crippen molar-refractivity contribution < 1.29 is 17.9 Å². The predicted octanol–water partition coefficient (Wildman–Crippen LogP) is 2.85. The number of ether oxygens (including phenoxy) is 1. The molecule has 0 radical (unpaired) electrons. The third-order valence-corrected chi connectivity index (χ3v) is 7.88. The molecule has 1 saturated heterocycles. The number of benzene rings is 1. The maximum absolute atomic E-state index is 13.0. The quantitative estimate of drug-likeness (QED) is 0.629. The number of nitrogens with zero attached hydrogens (tertiary/aromatic N) is 4. The van der Waals surface area contributed by atoms with E-state index in [1.807, 2.05) is 6.07 Å². The van der Waals surface area contributed by atoms with Crippen LogP contribution in [0.25, 0.3) is 0 Å². The Kier molecular flexibility index (Phi) is 7.89. The van der Waals surface area contributed by atoms with Crippen molar-refractivity contribution in [2.24, 2.45) is 5.92 Å². The molecule has 0 atom stereocenters. The fourth-order valence-electron chi connectivity index (χ4n) is 3.90. The number of nitriles is 1. The minimum absolute atomic E-state index is 0.115. The maximum atomic E-state index is 13.0. The highest BCUT2D eigenvalue weighted by Gasteiger charge is 2.28. The summed E-state index contributed by atoms with van der Waals surface area (Å²) in [7, 11) is -2.18. The van der Waals surface area contributed by atoms with Gasteiger partial charge in [-0.2, -0.15) is 9.57 Å². The topological polar surface area (TPSA) is 116 Å². The molecule has 33 heavy (non-hydrogen) atoms. The number of hydrogen-bond donors (Lipinski definition) is 1. The number of aromatic nitrogens is 1. The van der Waals surface area contributed by atoms with Crippen molar-refractivity contribution in [1.82, 2.24) is 9.29 Å². The van der Waals surface area contributed by atoms with Crippen LogP contribution in [0.4, 0.5) is 11.5 Å². The van der Waals surface area contributed by atoms with Gasteiger partial charge in [0.05, 0.1) is 23.3 Å². The second-order valence-electron chi connectivity index (χ2n) is 7.72. The minimum atomic E-state index is -3.66. The van der Waals surface area contributed by atoms with Crippen molar-refractivity contribution in [3.05, 3.63) is 42.1 Å². The lowest BCUT2D eigenvalue weighted by Crippen LogP contribution is -2.38. The van der Waals surface area contributed by atoms with Gasteiger partial charge in [-0.15, -0.1) is 0 Å². The molecule has 2 heterocycles. The lowest BCUT2D eigenvalue weighted by atomic mass is 9.95. The lowest BCUT2D eigenvalue weighted by molar-refractivity contribution is -0.120. The lowest BCUT2D eigenvalue weighted by Gasteiger charge is -2.32. The van der Waals surface area contributed by atoms with Gasteiger partial charge in [0, 0.05) is 38.3 Å². The van der Waals surface area contributed by atoms with Gasteiger partial charge in [0.2, 0.25) is 15.9 Å². The molecular weight excluding hydrogens is 442 g/mol. The average molecular weight is 472 g/mol. The number of piperidine rings is 1. The van der Waals surface area contributed by atoms with E-state index in [1.165, 1.54) is 23.5 Å². The predicted molar refractivity (Wildman–Crippen MR) is 126 cm³/mol. The molecule has 1 fully saturated rings. The van der Waals surface area contributed by atoms with Crippen LogP contribution in [0, 0.1) is 17.2 Å². The number of anilines is 2. The second kappa shape index (κ2) is 10.6. The van der Waals surface area contributed by atoms with Gasteiger partial charge in [0.15, 0.2) is 0 Å². The van der Waals surface area contributed by atoms with Crippen LogP contribution in [0.1, 0.15) is 32.3 Å². The first-order chi connectivity index (χ1) is 15.8. The molecule has 0 spiro atoms. The molecule has 1 aromatic carbocycles. The van der Waals surface area contributed by atoms with Gasteiger partial charge in [0.25, 0.3) is 0 Å². The smallest absolute Gasteiger partial charge is 0.243 e. The summed E-state index contributed by atoms with van der Waals surface area (Å²) in [6.45, 7) is 5.60. The summed E-state index contributed by atoms with van der Waals surface area (Å²) in [6, 6.07) is 10.1. The second-order valence-corrected chi connectivity index (χ2v) is 9.66. The minimum Gasteiger partial charge on any atom is -0.495 e. The van der Waals surface area contributed by atoms with E-state index < -0.39 is 10.0 Å². The van der Waals surface area contributed by atoms with Crippen LogP contribution in [-0.2, 0) is 14.8 Å². The number of pyridine rings is 1. The van der Waals surface area contributed by atoms with E-state index >= 15 is 0 Å². The van der Waals surface area contributed by atoms with Crippen LogP contribution < -0.4 is 15.0 Å². The Hall–Kier alpha value is -3.16. The first-order valence-corrected chi connectivity index (χ1v) is 12.4. The molecule has 1 aromatic heterocycles. The molecule has 10 heteroatoms. The largest absolute Gasteiger partial charge is 0.495 e. The number of carbonyl (C=O) groups excluding carboxylic acids is 1. The van der Waals surface area contributed by atoms with E-state index in [0.717, 1.165) is 5.82 Å². The Morgan fingerprint density at radius 2 is 1.94 bits per heavy atom. The van der Waals surface area contributed by atoms with Crippen molar-refractivity contribution in [2.45, 2.75) is 31.6 Å². The summed E-state index contributed by atoms with van der Waals surface area (Å²) in [5.41, 5.74) is 0.846. The highest BCUT2D eigenvalue weighted by atomic mass is 32.2. The number of hydrogen-bond acceptors (Lipinski definition) is 7. The third-order valence-electron chi connectivity index (χ3n) is 5.84. The maximum Gasteiger partial charge on any atom is 0.243 e. The first-order valence-electron chi connectivity index (χ1n) is 10.9. The van der Waals surface area contributed by atoms with Gasteiger partial charge in [0.1, 0.15) is 17.6 Å². The summed E-state index contributed by atoms with van der Waals surface area (Å²) in [5.74, 6) is 0.801. The number of carbonyl (C=O) groups is 1. The summed E-state index contributed by atoms with van der Waals surface area (Å²) in [4.78, 5) is 19.5. The number of rotatable bonds is 8. The molecule has 0 saturated carbocycles. The van der Waals surface area contributed by atoms with Crippen molar-refractivity contribution >= 4 is 27.4 Å². The van der Waals surface area contributed by atoms with Gasteiger partial charge >= 0.3 is 0 Å². The Morgan fingerprint density at radius 3 is 2.48 bits per heavy atom. The van der Waals surface area contributed by atoms with Gasteiger partial charge in [-0.3, -0.25) is 4.79 Å². The van der Waals surface area contributed by atoms with E-state index in [4.69, 9.17) is 10.00 Å². The summed E-state index contributed by atoms with van der Waals surface area (Å²) in [5, 5.41) is 11.8. The first kappa shape index (κ1) is 24.5. The van der Waals surface area contributed by atoms with Crippen molar-refractivity contribution in [2.75, 3.05) is 43.5 Å². The molecule has 1 N–H and O–H groups in total. The van der Waals surface area contributed by atoms with Gasteiger partial charge in [-0.25, -0.2) is 13.4 Å². The zero-order valence-corrected chi connectivity index (χ0v) is 19.9. The summed E-state index contributed by atoms with van der Waals surface area (Å²) >= 11 is 0. The molecule has 0 aliphatic carbocycles. The van der Waals surface area contributed by atoms with Gasteiger partial charge in [-0.1, -0.05) is 13.8 Å². The Labute approximate surface area is 195 Å². The van der Waals surface area contributed by atoms with Crippen LogP contribution in [0.5, 0.6) is 5.75 Å². The monoisotopic (exact) mass is 471 g/mol. The van der Waals surface area contributed by atoms with Crippen LogP contribution in [0.3, 0.4) is 0 Å². The van der Waals surface area contributed by atoms with E-state index in [2.05, 4.69) is 21.3 Å². The standard InChI is InChI=1S/C23H29N5O4S/c1-4-28(5-2)33(30,31)19-7-8-21(32-3)20(14-19)26-23(29)18-10-12-27(13-11-18)22-9-6-17(15-24)16-25-22/h6-9,14,16,18H,4-5,10-13H2,1-3H3,(H,26,29). The molecule has 1 aliphatic heterocycles. The molecule has 176 valence electrons. The zero-order chi connectivity index (χ0) is 24.0. The SMILES string of the molecule is CCN(CC)S(=O)(=O)c1ccc(OC)c(NC(=O)C2CCN(c3ccc(C#N)cn3)CC2)c1. The van der Waals surface area contributed by atoms with Gasteiger partial charge in [-0.05, 0) is 43.2 Å². The van der Waals surface area contributed by atoms with Crippen LogP contribution in [0.2, 0.25) is 0 Å². The van der Waals surface area contributed by atoms with E-state index in [1.54, 1.807) is 32.2 Å². The van der Waals surface area contributed by atoms with Gasteiger partial charge < -0.3 is 15.0 Å². The molecule has 3 rings (SSSR count). The Morgan fingerprint density at radius 1 is 1.24 bits per heavy atom. The Bertz CT molecular complexity index is 1120. The van der Waals surface area contributed by atoms with E-state index in [0.29, 0.717) is 56.0 Å². The molecule has 2 aromatic rings. The summed E-state index contributed by atoms with van der Waals surface area (Å²) < 4.78 is 32.5. The fraction of sp³-hybridized carbons (Fsp3) is 0.435. The highest BCUT2D eigenvalue weighted by Crippen LogP contribution is 2.30. The van der Waals surface area contributed by atoms with Crippen molar-refractivity contribution in [3.8, 4) is 11.8 Å². The van der Waals surface area contributed by atoms with Crippen LogP contribution in [0.15, 0.2) is 41.4 Å². The molecular formula is C23H29N5O4S. The molecule has 1 aliphatic rings. The number of nitrogens with one attached hydrogen (secondary N) is 1. The molecule has 9 nitrogen and oxygen atoms in total. The number of amides is 1. The normalized spacial score (nSPS) is 14.7. The summed E-state index contributed by atoms with van der Waals surface area (Å²) in [6.07, 6.45) is 2.81. The zero-order valence-electron chi connectivity index (χ0n) is 19.1. The van der Waals surface area contributed by atoms with Crippen LogP contribution >= 0.6 is 0 Å². The fourth-order valence-corrected chi connectivity index (χ4v) is 5.39. The molecule has 0 bridgehead atoms. The van der Waals surface area contributed by atoms with E-state index in [-0.39, 0.29) is 16.7 Å². The third kappa shape index (κ3) is 5.43. The average Bonchev–Trinajstić information content (AvgIpc) is 2.84.